The second kappa shape index (κ2) is 9.18. The molecule has 11 nitrogen and oxygen atoms in total. The Labute approximate surface area is 198 Å². The van der Waals surface area contributed by atoms with Crippen LogP contribution in [0.1, 0.15) is 39.9 Å². The van der Waals surface area contributed by atoms with Crippen LogP contribution in [0, 0.1) is 6.92 Å². The highest BCUT2D eigenvalue weighted by atomic mass is 16.5. The lowest BCUT2D eigenvalue weighted by Gasteiger charge is -2.19. The minimum atomic E-state index is -0.887. The van der Waals surface area contributed by atoms with Crippen LogP contribution in [-0.2, 0) is 6.61 Å². The van der Waals surface area contributed by atoms with Crippen LogP contribution in [0.25, 0.3) is 11.7 Å². The Morgan fingerprint density at radius 1 is 1.26 bits per heavy atom. The zero-order valence-electron chi connectivity index (χ0n) is 19.0. The molecule has 0 amide bonds. The van der Waals surface area contributed by atoms with E-state index in [0.717, 1.165) is 5.56 Å². The molecule has 1 aliphatic rings. The molecule has 1 fully saturated rings. The van der Waals surface area contributed by atoms with Crippen molar-refractivity contribution in [1.82, 2.24) is 15.3 Å². The number of furan rings is 1. The van der Waals surface area contributed by atoms with Crippen LogP contribution in [0.2, 0.25) is 0 Å². The topological polar surface area (TPSA) is 153 Å². The van der Waals surface area contributed by atoms with Gasteiger partial charge in [-0.3, -0.25) is 9.78 Å². The van der Waals surface area contributed by atoms with E-state index in [0.29, 0.717) is 47.6 Å². The average molecular weight is 481 g/mol. The molecule has 0 aliphatic carbocycles. The molecular weight excluding hydrogens is 458 g/mol. The second-order valence-corrected chi connectivity index (χ2v) is 8.08. The van der Waals surface area contributed by atoms with Gasteiger partial charge in [0.05, 0.1) is 19.4 Å². The van der Waals surface area contributed by atoms with E-state index in [1.807, 2.05) is 12.1 Å². The molecule has 0 spiro atoms. The smallest absolute Gasteiger partial charge is 0.419 e. The number of methoxy groups -OCH3 is 1. The number of oxazole rings is 2. The van der Waals surface area contributed by atoms with Crippen molar-refractivity contribution in [3.63, 3.8) is 0 Å². The van der Waals surface area contributed by atoms with Crippen LogP contribution in [0.4, 0.5) is 0 Å². The molecule has 4 aromatic rings. The minimum Gasteiger partial charge on any atom is -0.493 e. The van der Waals surface area contributed by atoms with Gasteiger partial charge in [0.25, 0.3) is 5.89 Å². The number of ketones is 1. The third-order valence-corrected chi connectivity index (χ3v) is 5.96. The number of nitrogens with zero attached hydrogens (tertiary/aromatic N) is 1. The summed E-state index contributed by atoms with van der Waals surface area (Å²) >= 11 is 0. The number of ether oxygens (including phenoxy) is 2. The van der Waals surface area contributed by atoms with E-state index in [9.17, 15) is 14.7 Å². The second-order valence-electron chi connectivity index (χ2n) is 8.08. The number of aromatic amines is 1. The molecule has 3 N–H and O–H groups in total. The summed E-state index contributed by atoms with van der Waals surface area (Å²) in [6.45, 7) is 2.54. The number of H-pyrrole nitrogens is 1. The molecular formula is C24H23N3O8. The number of carbonyl (C=O) groups excluding carboxylic acids is 1. The number of carbonyl (C=O) groups is 1. The highest BCUT2D eigenvalue weighted by molar-refractivity contribution is 6.00. The Morgan fingerprint density at radius 3 is 2.83 bits per heavy atom. The molecule has 1 aliphatic heterocycles. The maximum atomic E-state index is 12.9. The predicted molar refractivity (Wildman–Crippen MR) is 121 cm³/mol. The zero-order valence-corrected chi connectivity index (χ0v) is 19.0. The van der Waals surface area contributed by atoms with Gasteiger partial charge in [-0.1, -0.05) is 6.07 Å². The van der Waals surface area contributed by atoms with Crippen molar-refractivity contribution in [2.75, 3.05) is 13.7 Å². The van der Waals surface area contributed by atoms with Crippen LogP contribution >= 0.6 is 0 Å². The number of aryl methyl sites for hydroxylation is 1. The molecule has 0 saturated carbocycles. The lowest BCUT2D eigenvalue weighted by Crippen LogP contribution is -2.34. The summed E-state index contributed by atoms with van der Waals surface area (Å²) in [6.07, 6.45) is 2.22. The number of aromatic hydroxyl groups is 1. The van der Waals surface area contributed by atoms with Crippen molar-refractivity contribution in [2.45, 2.75) is 31.9 Å². The Morgan fingerprint density at radius 2 is 2.11 bits per heavy atom. The third kappa shape index (κ3) is 4.33. The molecule has 4 heterocycles. The normalized spacial score (nSPS) is 17.5. The Hall–Kier alpha value is -4.25. The van der Waals surface area contributed by atoms with Crippen molar-refractivity contribution in [2.24, 2.45) is 0 Å². The number of nitrogens with one attached hydrogen (secondary N) is 2. The zero-order chi connectivity index (χ0) is 24.5. The van der Waals surface area contributed by atoms with Crippen molar-refractivity contribution in [3.8, 4) is 29.0 Å². The largest absolute Gasteiger partial charge is 0.493 e. The van der Waals surface area contributed by atoms with Crippen LogP contribution in [0.5, 0.6) is 17.4 Å². The van der Waals surface area contributed by atoms with E-state index in [1.165, 1.54) is 7.11 Å². The van der Waals surface area contributed by atoms with Gasteiger partial charge in [0.1, 0.15) is 18.1 Å². The van der Waals surface area contributed by atoms with Crippen LogP contribution in [0.3, 0.4) is 0 Å². The van der Waals surface area contributed by atoms with Gasteiger partial charge in [0, 0.05) is 5.92 Å². The maximum absolute atomic E-state index is 12.9. The highest BCUT2D eigenvalue weighted by Gasteiger charge is 2.37. The maximum Gasteiger partial charge on any atom is 0.419 e. The first-order valence-electron chi connectivity index (χ1n) is 10.9. The Bertz CT molecular complexity index is 1400. The first kappa shape index (κ1) is 22.5. The van der Waals surface area contributed by atoms with Crippen LogP contribution in [-0.4, -0.2) is 40.6 Å². The summed E-state index contributed by atoms with van der Waals surface area (Å²) in [6, 6.07) is 8.28. The number of Topliss-reactive ketones (excluding diaryl/α,β-unsaturated/α-hetero) is 1. The van der Waals surface area contributed by atoms with Crippen molar-refractivity contribution in [3.05, 3.63) is 69.9 Å². The van der Waals surface area contributed by atoms with E-state index in [1.54, 1.807) is 31.4 Å². The number of hydrogen-bond acceptors (Lipinski definition) is 10. The average Bonchev–Trinajstić information content (AvgIpc) is 3.64. The van der Waals surface area contributed by atoms with Gasteiger partial charge < -0.3 is 33.1 Å². The first-order chi connectivity index (χ1) is 16.9. The van der Waals surface area contributed by atoms with Gasteiger partial charge in [-0.15, -0.1) is 0 Å². The van der Waals surface area contributed by atoms with E-state index < -0.39 is 23.5 Å². The SMILES string of the molecule is COc1cc(C2CCN[C@@H]2C(=O)c2oc(=O)[nH]c2O)ccc1OCc1nc(-c2ccco2)oc1C. The summed E-state index contributed by atoms with van der Waals surface area (Å²) in [7, 11) is 1.53. The summed E-state index contributed by atoms with van der Waals surface area (Å²) in [4.78, 5) is 30.8. The summed E-state index contributed by atoms with van der Waals surface area (Å²) in [5, 5.41) is 12.9. The van der Waals surface area contributed by atoms with Crippen LogP contribution < -0.4 is 20.5 Å². The fraction of sp³-hybridized carbons (Fsp3) is 0.292. The number of hydrogen-bond donors (Lipinski definition) is 3. The van der Waals surface area contributed by atoms with E-state index in [2.05, 4.69) is 15.3 Å². The molecule has 2 atom stereocenters. The number of benzene rings is 1. The summed E-state index contributed by atoms with van der Waals surface area (Å²) < 4.78 is 27.3. The Kier molecular flexibility index (Phi) is 5.91. The van der Waals surface area contributed by atoms with Gasteiger partial charge in [0.15, 0.2) is 17.3 Å². The van der Waals surface area contributed by atoms with Crippen molar-refractivity contribution < 1.29 is 32.6 Å². The minimum absolute atomic E-state index is 0.156. The Balaban J connectivity index is 1.33. The van der Waals surface area contributed by atoms with Gasteiger partial charge >= 0.3 is 5.76 Å². The molecule has 3 aromatic heterocycles. The monoisotopic (exact) mass is 481 g/mol. The highest BCUT2D eigenvalue weighted by Crippen LogP contribution is 2.37. The standard InChI is InChI=1S/C24H23N3O8/c1-12-15(26-23(34-12)17-4-3-9-32-17)11-33-16-6-5-13(10-18(16)31-2)14-7-8-25-19(14)20(28)21-22(29)27-24(30)35-21/h3-6,9-10,14,19,25,29H,7-8,11H2,1-2H3,(H,27,30)/t14?,19-/m0/s1. The number of rotatable bonds is 8. The quantitative estimate of drug-likeness (QED) is 0.320. The fourth-order valence-corrected chi connectivity index (χ4v) is 4.21. The van der Waals surface area contributed by atoms with Gasteiger partial charge in [-0.2, -0.15) is 0 Å². The molecule has 0 radical (unpaired) electrons. The molecule has 0 bridgehead atoms. The number of aromatic nitrogens is 2. The van der Waals surface area contributed by atoms with E-state index in [-0.39, 0.29) is 18.3 Å². The van der Waals surface area contributed by atoms with Gasteiger partial charge in [0.2, 0.25) is 17.4 Å². The van der Waals surface area contributed by atoms with Gasteiger partial charge in [-0.05, 0) is 49.7 Å². The lowest BCUT2D eigenvalue weighted by atomic mass is 9.89. The van der Waals surface area contributed by atoms with Crippen molar-refractivity contribution >= 4 is 5.78 Å². The molecule has 11 heteroatoms. The van der Waals surface area contributed by atoms with Crippen LogP contribution in [0.15, 0.2) is 54.6 Å². The molecule has 5 rings (SSSR count). The predicted octanol–water partition coefficient (Wildman–Crippen LogP) is 3.15. The fourth-order valence-electron chi connectivity index (χ4n) is 4.21. The van der Waals surface area contributed by atoms with Crippen molar-refractivity contribution in [1.29, 1.82) is 0 Å². The molecule has 35 heavy (non-hydrogen) atoms. The van der Waals surface area contributed by atoms with E-state index in [4.69, 9.17) is 22.7 Å². The summed E-state index contributed by atoms with van der Waals surface area (Å²) in [5.74, 6) is -0.0620. The molecule has 1 saturated heterocycles. The third-order valence-electron chi connectivity index (χ3n) is 5.96. The molecule has 182 valence electrons. The van der Waals surface area contributed by atoms with Gasteiger partial charge in [-0.25, -0.2) is 9.78 Å². The lowest BCUT2D eigenvalue weighted by molar-refractivity contribution is 0.0911. The molecule has 1 aromatic carbocycles. The van der Waals surface area contributed by atoms with E-state index >= 15 is 0 Å². The molecule has 1 unspecified atom stereocenters. The first-order valence-corrected chi connectivity index (χ1v) is 10.9. The summed E-state index contributed by atoms with van der Waals surface area (Å²) in [5.41, 5.74) is 1.47.